The van der Waals surface area contributed by atoms with Gasteiger partial charge in [-0.3, -0.25) is 0 Å². The molecule has 0 aromatic heterocycles. The van der Waals surface area contributed by atoms with E-state index < -0.39 is 0 Å². The standard InChI is InChI=1S/C11H21N/c1-3-9-6-8(2)10-4-5-12-7-11(9)10/h8-12H,3-7H2,1-2H3/t8-,9+,10?,11?/m0/s1. The Morgan fingerprint density at radius 2 is 2.17 bits per heavy atom. The predicted octanol–water partition coefficient (Wildman–Crippen LogP) is 2.28. The normalized spacial score (nSPS) is 47.5. The summed E-state index contributed by atoms with van der Waals surface area (Å²) in [4.78, 5) is 0. The molecule has 2 aliphatic rings. The third-order valence-electron chi connectivity index (χ3n) is 4.12. The molecule has 2 unspecified atom stereocenters. The van der Waals surface area contributed by atoms with Crippen LogP contribution in [0.25, 0.3) is 0 Å². The molecule has 0 aromatic carbocycles. The molecule has 1 saturated heterocycles. The highest BCUT2D eigenvalue weighted by atomic mass is 14.9. The van der Waals surface area contributed by atoms with Crippen molar-refractivity contribution in [2.24, 2.45) is 23.7 Å². The summed E-state index contributed by atoms with van der Waals surface area (Å²) in [6.45, 7) is 7.38. The molecule has 0 spiro atoms. The molecule has 0 aromatic rings. The largest absolute Gasteiger partial charge is 0.316 e. The van der Waals surface area contributed by atoms with Gasteiger partial charge in [-0.15, -0.1) is 0 Å². The first kappa shape index (κ1) is 8.55. The van der Waals surface area contributed by atoms with E-state index in [0.29, 0.717) is 0 Å². The molecule has 1 saturated carbocycles. The number of fused-ring (bicyclic) bond motifs is 1. The van der Waals surface area contributed by atoms with Gasteiger partial charge in [0.05, 0.1) is 0 Å². The molecule has 2 fully saturated rings. The molecule has 0 bridgehead atoms. The van der Waals surface area contributed by atoms with Gasteiger partial charge in [0.25, 0.3) is 0 Å². The molecular formula is C11H21N. The van der Waals surface area contributed by atoms with Gasteiger partial charge in [0.1, 0.15) is 0 Å². The summed E-state index contributed by atoms with van der Waals surface area (Å²) in [5.41, 5.74) is 0. The van der Waals surface area contributed by atoms with Crippen molar-refractivity contribution in [2.75, 3.05) is 13.1 Å². The van der Waals surface area contributed by atoms with Crippen molar-refractivity contribution in [1.29, 1.82) is 0 Å². The van der Waals surface area contributed by atoms with Crippen molar-refractivity contribution in [1.82, 2.24) is 5.32 Å². The number of rotatable bonds is 1. The maximum atomic E-state index is 3.54. The van der Waals surface area contributed by atoms with Gasteiger partial charge in [0, 0.05) is 0 Å². The number of piperidine rings is 1. The summed E-state index contributed by atoms with van der Waals surface area (Å²) in [6, 6.07) is 0. The van der Waals surface area contributed by atoms with Gasteiger partial charge in [-0.2, -0.15) is 0 Å². The van der Waals surface area contributed by atoms with Crippen molar-refractivity contribution < 1.29 is 0 Å². The van der Waals surface area contributed by atoms with Gasteiger partial charge >= 0.3 is 0 Å². The second kappa shape index (κ2) is 3.37. The van der Waals surface area contributed by atoms with E-state index >= 15 is 0 Å². The van der Waals surface area contributed by atoms with Gasteiger partial charge in [-0.25, -0.2) is 0 Å². The molecule has 70 valence electrons. The monoisotopic (exact) mass is 167 g/mol. The lowest BCUT2D eigenvalue weighted by atomic mass is 9.82. The summed E-state index contributed by atoms with van der Waals surface area (Å²) in [7, 11) is 0. The van der Waals surface area contributed by atoms with Crippen LogP contribution in [0.4, 0.5) is 0 Å². The average molecular weight is 167 g/mol. The number of hydrogen-bond donors (Lipinski definition) is 1. The molecule has 1 heterocycles. The second-order valence-corrected chi connectivity index (χ2v) is 4.70. The van der Waals surface area contributed by atoms with E-state index in [1.54, 1.807) is 0 Å². The van der Waals surface area contributed by atoms with Crippen LogP contribution in [0, 0.1) is 23.7 Å². The fourth-order valence-corrected chi connectivity index (χ4v) is 3.42. The summed E-state index contributed by atoms with van der Waals surface area (Å²) in [6.07, 6.45) is 4.32. The van der Waals surface area contributed by atoms with E-state index in [1.807, 2.05) is 0 Å². The molecule has 0 amide bonds. The number of hydrogen-bond acceptors (Lipinski definition) is 1. The summed E-state index contributed by atoms with van der Waals surface area (Å²) >= 11 is 0. The summed E-state index contributed by atoms with van der Waals surface area (Å²) < 4.78 is 0. The van der Waals surface area contributed by atoms with Crippen LogP contribution < -0.4 is 5.32 Å². The Morgan fingerprint density at radius 1 is 1.33 bits per heavy atom. The van der Waals surface area contributed by atoms with Crippen LogP contribution in [0.5, 0.6) is 0 Å². The Morgan fingerprint density at radius 3 is 2.92 bits per heavy atom. The average Bonchev–Trinajstić information content (AvgIpc) is 2.44. The lowest BCUT2D eigenvalue weighted by molar-refractivity contribution is 0.221. The molecule has 1 aliphatic heterocycles. The second-order valence-electron chi connectivity index (χ2n) is 4.70. The highest BCUT2D eigenvalue weighted by Crippen LogP contribution is 2.45. The third kappa shape index (κ3) is 1.28. The highest BCUT2D eigenvalue weighted by Gasteiger charge is 2.40. The minimum atomic E-state index is 1.00. The Bertz CT molecular complexity index is 155. The quantitative estimate of drug-likeness (QED) is 0.632. The topological polar surface area (TPSA) is 12.0 Å². The van der Waals surface area contributed by atoms with E-state index in [0.717, 1.165) is 23.7 Å². The molecule has 1 nitrogen and oxygen atoms in total. The Kier molecular flexibility index (Phi) is 2.40. The Labute approximate surface area is 75.9 Å². The first-order chi connectivity index (χ1) is 5.83. The summed E-state index contributed by atoms with van der Waals surface area (Å²) in [5, 5.41) is 3.54. The first-order valence-electron chi connectivity index (χ1n) is 5.53. The van der Waals surface area contributed by atoms with Crippen molar-refractivity contribution in [3.63, 3.8) is 0 Å². The molecule has 0 radical (unpaired) electrons. The third-order valence-corrected chi connectivity index (χ3v) is 4.12. The van der Waals surface area contributed by atoms with E-state index in [9.17, 15) is 0 Å². The van der Waals surface area contributed by atoms with Crippen LogP contribution in [-0.2, 0) is 0 Å². The van der Waals surface area contributed by atoms with Crippen molar-refractivity contribution in [3.8, 4) is 0 Å². The van der Waals surface area contributed by atoms with E-state index in [-0.39, 0.29) is 0 Å². The summed E-state index contributed by atoms with van der Waals surface area (Å²) in [5.74, 6) is 4.09. The smallest absolute Gasteiger partial charge is 0.00151 e. The maximum Gasteiger partial charge on any atom is -0.00151 e. The zero-order valence-electron chi connectivity index (χ0n) is 8.34. The molecule has 12 heavy (non-hydrogen) atoms. The minimum Gasteiger partial charge on any atom is -0.316 e. The van der Waals surface area contributed by atoms with Gasteiger partial charge in [-0.05, 0) is 49.6 Å². The lowest BCUT2D eigenvalue weighted by Crippen LogP contribution is -2.37. The van der Waals surface area contributed by atoms with E-state index in [1.165, 1.54) is 32.4 Å². The first-order valence-corrected chi connectivity index (χ1v) is 5.53. The minimum absolute atomic E-state index is 1.00. The fraction of sp³-hybridized carbons (Fsp3) is 1.00. The molecule has 1 heteroatoms. The molecular weight excluding hydrogens is 146 g/mol. The van der Waals surface area contributed by atoms with Crippen LogP contribution in [0.2, 0.25) is 0 Å². The van der Waals surface area contributed by atoms with Gasteiger partial charge in [0.15, 0.2) is 0 Å². The lowest BCUT2D eigenvalue weighted by Gasteiger charge is -2.30. The zero-order valence-corrected chi connectivity index (χ0v) is 8.34. The van der Waals surface area contributed by atoms with Crippen molar-refractivity contribution >= 4 is 0 Å². The van der Waals surface area contributed by atoms with E-state index in [2.05, 4.69) is 19.2 Å². The van der Waals surface area contributed by atoms with E-state index in [4.69, 9.17) is 0 Å². The Hall–Kier alpha value is -0.0400. The van der Waals surface area contributed by atoms with Crippen LogP contribution in [0.1, 0.15) is 33.1 Å². The number of nitrogens with one attached hydrogen (secondary N) is 1. The molecule has 1 N–H and O–H groups in total. The van der Waals surface area contributed by atoms with Crippen LogP contribution in [0.15, 0.2) is 0 Å². The fourth-order valence-electron chi connectivity index (χ4n) is 3.42. The van der Waals surface area contributed by atoms with Crippen molar-refractivity contribution in [3.05, 3.63) is 0 Å². The van der Waals surface area contributed by atoms with Crippen LogP contribution in [-0.4, -0.2) is 13.1 Å². The van der Waals surface area contributed by atoms with Crippen molar-refractivity contribution in [2.45, 2.75) is 33.1 Å². The molecule has 4 atom stereocenters. The van der Waals surface area contributed by atoms with Gasteiger partial charge in [-0.1, -0.05) is 20.3 Å². The van der Waals surface area contributed by atoms with Crippen LogP contribution in [0.3, 0.4) is 0 Å². The SMILES string of the molecule is CC[C@@H]1C[C@H](C)C2CCNCC21. The molecule has 1 aliphatic carbocycles. The zero-order chi connectivity index (χ0) is 8.55. The van der Waals surface area contributed by atoms with Gasteiger partial charge in [0.2, 0.25) is 0 Å². The maximum absolute atomic E-state index is 3.54. The van der Waals surface area contributed by atoms with Crippen LogP contribution >= 0.6 is 0 Å². The van der Waals surface area contributed by atoms with Gasteiger partial charge < -0.3 is 5.32 Å². The predicted molar refractivity (Wildman–Crippen MR) is 52.0 cm³/mol. The Balaban J connectivity index is 2.05. The molecule has 2 rings (SSSR count). The highest BCUT2D eigenvalue weighted by molar-refractivity contribution is 4.92.